The molecule has 4 rings (SSSR count). The lowest BCUT2D eigenvalue weighted by Crippen LogP contribution is -2.33. The molecule has 0 unspecified atom stereocenters. The molecule has 1 amide bonds. The molecule has 3 N–H and O–H groups in total. The van der Waals surface area contributed by atoms with Crippen molar-refractivity contribution in [1.82, 2.24) is 14.3 Å². The van der Waals surface area contributed by atoms with Gasteiger partial charge < -0.3 is 10.7 Å². The predicted molar refractivity (Wildman–Crippen MR) is 109 cm³/mol. The van der Waals surface area contributed by atoms with Crippen LogP contribution in [-0.2, 0) is 10.0 Å². The smallest absolute Gasteiger partial charge is 0.248 e. The highest BCUT2D eigenvalue weighted by molar-refractivity contribution is 7.88. The lowest BCUT2D eigenvalue weighted by atomic mass is 10.0. The molecule has 7 nitrogen and oxygen atoms in total. The van der Waals surface area contributed by atoms with Crippen LogP contribution in [0.2, 0.25) is 0 Å². The van der Waals surface area contributed by atoms with E-state index in [0.717, 1.165) is 33.4 Å². The van der Waals surface area contributed by atoms with Gasteiger partial charge in [-0.15, -0.1) is 0 Å². The molecule has 144 valence electrons. The Morgan fingerprint density at radius 3 is 2.75 bits per heavy atom. The lowest BCUT2D eigenvalue weighted by molar-refractivity contribution is 0.100. The third-order valence-electron chi connectivity index (χ3n) is 4.98. The van der Waals surface area contributed by atoms with Gasteiger partial charge in [-0.1, -0.05) is 18.2 Å². The van der Waals surface area contributed by atoms with Gasteiger partial charge in [0.25, 0.3) is 0 Å². The number of carbonyl (C=O) groups excluding carboxylic acids is 1. The summed E-state index contributed by atoms with van der Waals surface area (Å²) >= 11 is 0. The predicted octanol–water partition coefficient (Wildman–Crippen LogP) is 2.38. The second-order valence-electron chi connectivity index (χ2n) is 6.85. The summed E-state index contributed by atoms with van der Waals surface area (Å²) in [5, 5.41) is 0.936. The van der Waals surface area contributed by atoms with Crippen molar-refractivity contribution in [3.8, 4) is 11.1 Å². The van der Waals surface area contributed by atoms with Crippen LogP contribution >= 0.6 is 0 Å². The quantitative estimate of drug-likeness (QED) is 0.705. The minimum Gasteiger partial charge on any atom is -0.366 e. The van der Waals surface area contributed by atoms with Crippen molar-refractivity contribution in [3.63, 3.8) is 0 Å². The van der Waals surface area contributed by atoms with Gasteiger partial charge in [-0.05, 0) is 47.4 Å². The third kappa shape index (κ3) is 3.44. The molecular formula is C20H20N4O3S. The maximum absolute atomic E-state index is 11.7. The van der Waals surface area contributed by atoms with E-state index in [0.29, 0.717) is 25.1 Å². The molecule has 28 heavy (non-hydrogen) atoms. The first-order valence-electron chi connectivity index (χ1n) is 8.85. The first kappa shape index (κ1) is 18.4. The molecule has 0 atom stereocenters. The zero-order chi connectivity index (χ0) is 19.9. The Morgan fingerprint density at radius 2 is 2.07 bits per heavy atom. The summed E-state index contributed by atoms with van der Waals surface area (Å²) in [7, 11) is -3.18. The molecule has 2 aromatic heterocycles. The zero-order valence-corrected chi connectivity index (χ0v) is 16.2. The van der Waals surface area contributed by atoms with Gasteiger partial charge in [-0.3, -0.25) is 4.79 Å². The van der Waals surface area contributed by atoms with Crippen LogP contribution in [0.5, 0.6) is 0 Å². The Balaban J connectivity index is 1.73. The summed E-state index contributed by atoms with van der Waals surface area (Å²) in [6, 6.07) is 11.1. The number of H-pyrrole nitrogens is 1. The van der Waals surface area contributed by atoms with Gasteiger partial charge in [-0.2, -0.15) is 4.31 Å². The van der Waals surface area contributed by atoms with E-state index in [1.54, 1.807) is 24.4 Å². The van der Waals surface area contributed by atoms with Gasteiger partial charge in [0.05, 0.1) is 6.26 Å². The molecule has 1 aromatic carbocycles. The summed E-state index contributed by atoms with van der Waals surface area (Å²) in [5.41, 5.74) is 10.4. The molecule has 0 aliphatic carbocycles. The summed E-state index contributed by atoms with van der Waals surface area (Å²) in [6.07, 6.45) is 5.51. The number of benzene rings is 1. The number of primary amides is 1. The summed E-state index contributed by atoms with van der Waals surface area (Å²) in [6.45, 7) is 0.825. The maximum atomic E-state index is 11.7. The van der Waals surface area contributed by atoms with Crippen LogP contribution in [0.4, 0.5) is 0 Å². The molecule has 1 aliphatic rings. The van der Waals surface area contributed by atoms with Crippen LogP contribution in [0, 0.1) is 0 Å². The van der Waals surface area contributed by atoms with Crippen molar-refractivity contribution in [2.75, 3.05) is 19.3 Å². The number of hydrogen-bond acceptors (Lipinski definition) is 4. The van der Waals surface area contributed by atoms with Crippen molar-refractivity contribution in [2.45, 2.75) is 6.42 Å². The SMILES string of the molecule is CS(=O)(=O)N1CC=C(c2cc3c(-c4cccc(C(N)=O)c4)ccnc3[nH]2)CC1. The number of nitrogens with two attached hydrogens (primary N) is 1. The largest absolute Gasteiger partial charge is 0.366 e. The number of aromatic nitrogens is 2. The fourth-order valence-corrected chi connectivity index (χ4v) is 4.26. The molecule has 3 heterocycles. The molecule has 1 aliphatic heterocycles. The Labute approximate surface area is 162 Å². The number of pyridine rings is 1. The summed E-state index contributed by atoms with van der Waals surface area (Å²) in [4.78, 5) is 19.2. The fraction of sp³-hybridized carbons (Fsp3) is 0.200. The minimum atomic E-state index is -3.18. The number of fused-ring (bicyclic) bond motifs is 1. The number of hydrogen-bond donors (Lipinski definition) is 2. The van der Waals surface area contributed by atoms with E-state index in [-0.39, 0.29) is 0 Å². The molecule has 8 heteroatoms. The lowest BCUT2D eigenvalue weighted by Gasteiger charge is -2.23. The van der Waals surface area contributed by atoms with Gasteiger partial charge in [0, 0.05) is 35.9 Å². The van der Waals surface area contributed by atoms with Crippen LogP contribution in [0.1, 0.15) is 22.5 Å². The van der Waals surface area contributed by atoms with Crippen molar-refractivity contribution < 1.29 is 13.2 Å². The first-order valence-corrected chi connectivity index (χ1v) is 10.7. The molecule has 0 saturated heterocycles. The van der Waals surface area contributed by atoms with Gasteiger partial charge in [0.15, 0.2) is 0 Å². The normalized spacial score (nSPS) is 15.5. The molecule has 0 spiro atoms. The average Bonchev–Trinajstić information content (AvgIpc) is 3.12. The molecule has 0 saturated carbocycles. The van der Waals surface area contributed by atoms with Crippen LogP contribution in [-0.4, -0.2) is 47.9 Å². The number of nitrogens with one attached hydrogen (secondary N) is 1. The number of carbonyl (C=O) groups is 1. The number of rotatable bonds is 4. The molecule has 0 bridgehead atoms. The van der Waals surface area contributed by atoms with Crippen LogP contribution < -0.4 is 5.73 Å². The Kier molecular flexibility index (Phi) is 4.52. The van der Waals surface area contributed by atoms with E-state index in [4.69, 9.17) is 5.73 Å². The van der Waals surface area contributed by atoms with Crippen LogP contribution in [0.15, 0.2) is 48.7 Å². The summed E-state index contributed by atoms with van der Waals surface area (Å²) < 4.78 is 24.8. The van der Waals surface area contributed by atoms with Gasteiger partial charge in [-0.25, -0.2) is 13.4 Å². The van der Waals surface area contributed by atoms with Gasteiger partial charge in [0.2, 0.25) is 15.9 Å². The second kappa shape index (κ2) is 6.88. The van der Waals surface area contributed by atoms with E-state index < -0.39 is 15.9 Å². The third-order valence-corrected chi connectivity index (χ3v) is 6.25. The van der Waals surface area contributed by atoms with E-state index >= 15 is 0 Å². The maximum Gasteiger partial charge on any atom is 0.248 e. The average molecular weight is 396 g/mol. The van der Waals surface area contributed by atoms with Gasteiger partial charge in [0.1, 0.15) is 5.65 Å². The van der Waals surface area contributed by atoms with Crippen molar-refractivity contribution in [2.24, 2.45) is 5.73 Å². The van der Waals surface area contributed by atoms with Crippen LogP contribution in [0.3, 0.4) is 0 Å². The fourth-order valence-electron chi connectivity index (χ4n) is 3.49. The Hall–Kier alpha value is -2.97. The van der Waals surface area contributed by atoms with Crippen molar-refractivity contribution >= 4 is 32.5 Å². The first-order chi connectivity index (χ1) is 13.3. The summed E-state index contributed by atoms with van der Waals surface area (Å²) in [5.74, 6) is -0.468. The monoisotopic (exact) mass is 396 g/mol. The van der Waals surface area contributed by atoms with E-state index in [9.17, 15) is 13.2 Å². The number of amides is 1. The highest BCUT2D eigenvalue weighted by Gasteiger charge is 2.21. The van der Waals surface area contributed by atoms with E-state index in [2.05, 4.69) is 9.97 Å². The Bertz CT molecular complexity index is 1210. The number of aromatic amines is 1. The van der Waals surface area contributed by atoms with Gasteiger partial charge >= 0.3 is 0 Å². The topological polar surface area (TPSA) is 109 Å². The molecular weight excluding hydrogens is 376 g/mol. The van der Waals surface area contributed by atoms with E-state index in [1.165, 1.54) is 10.6 Å². The molecule has 0 radical (unpaired) electrons. The minimum absolute atomic E-state index is 0.366. The second-order valence-corrected chi connectivity index (χ2v) is 8.83. The zero-order valence-electron chi connectivity index (χ0n) is 15.3. The number of sulfonamides is 1. The standard InChI is InChI=1S/C20H20N4O3S/c1-28(26,27)24-9-6-13(7-10-24)18-12-17-16(5-8-22-20(17)23-18)14-3-2-4-15(11-14)19(21)25/h2-6,8,11-12H,7,9-10H2,1H3,(H2,21,25)(H,22,23). The number of nitrogens with zero attached hydrogens (tertiary/aromatic N) is 2. The highest BCUT2D eigenvalue weighted by Crippen LogP contribution is 2.32. The molecule has 0 fully saturated rings. The Morgan fingerprint density at radius 1 is 1.25 bits per heavy atom. The van der Waals surface area contributed by atoms with Crippen molar-refractivity contribution in [3.05, 3.63) is 59.9 Å². The molecule has 3 aromatic rings. The van der Waals surface area contributed by atoms with Crippen molar-refractivity contribution in [1.29, 1.82) is 0 Å². The van der Waals surface area contributed by atoms with E-state index in [1.807, 2.05) is 24.3 Å². The van der Waals surface area contributed by atoms with Crippen LogP contribution in [0.25, 0.3) is 27.7 Å². The highest BCUT2D eigenvalue weighted by atomic mass is 32.2.